The van der Waals surface area contributed by atoms with Crippen LogP contribution in [-0.2, 0) is 16.2 Å². The maximum atomic E-state index is 12.7. The zero-order valence-corrected chi connectivity index (χ0v) is 19.5. The van der Waals surface area contributed by atoms with E-state index in [0.717, 1.165) is 5.56 Å². The molecule has 176 valence electrons. The first-order valence-corrected chi connectivity index (χ1v) is 11.7. The minimum atomic E-state index is -0.129. The number of ether oxygens (including phenoxy) is 2. The lowest BCUT2D eigenvalue weighted by molar-refractivity contribution is -0.136. The summed E-state index contributed by atoms with van der Waals surface area (Å²) >= 11 is 6.16. The number of hydrogen-bond acceptors (Lipinski definition) is 4. The van der Waals surface area contributed by atoms with Crippen LogP contribution in [0.15, 0.2) is 78.9 Å². The Hall–Kier alpha value is -3.51. The molecular weight excluding hydrogens is 452 g/mol. The highest BCUT2D eigenvalue weighted by atomic mass is 35.5. The fourth-order valence-electron chi connectivity index (χ4n) is 3.80. The van der Waals surface area contributed by atoms with E-state index >= 15 is 0 Å². The van der Waals surface area contributed by atoms with Gasteiger partial charge in [-0.05, 0) is 55.3 Å². The van der Waals surface area contributed by atoms with Gasteiger partial charge in [0.1, 0.15) is 18.1 Å². The number of hydrogen-bond donors (Lipinski definition) is 1. The normalized spacial score (nSPS) is 13.9. The number of rotatable bonds is 8. The number of halogens is 1. The maximum Gasteiger partial charge on any atom is 0.260 e. The second kappa shape index (κ2) is 11.6. The number of carbonyl (C=O) groups is 2. The molecule has 4 rings (SSSR count). The Labute approximate surface area is 204 Å². The van der Waals surface area contributed by atoms with Crippen molar-refractivity contribution in [2.24, 2.45) is 5.92 Å². The van der Waals surface area contributed by atoms with Crippen LogP contribution in [0.3, 0.4) is 0 Å². The first kappa shape index (κ1) is 23.6. The minimum Gasteiger partial charge on any atom is -0.489 e. The van der Waals surface area contributed by atoms with Crippen LogP contribution in [0.5, 0.6) is 11.5 Å². The van der Waals surface area contributed by atoms with E-state index in [2.05, 4.69) is 5.32 Å². The third-order valence-electron chi connectivity index (χ3n) is 5.80. The smallest absolute Gasteiger partial charge is 0.260 e. The van der Waals surface area contributed by atoms with Gasteiger partial charge >= 0.3 is 0 Å². The number of para-hydroxylation sites is 1. The maximum absolute atomic E-state index is 12.7. The number of carbonyl (C=O) groups excluding carboxylic acids is 2. The highest BCUT2D eigenvalue weighted by molar-refractivity contribution is 6.31. The molecule has 2 amide bonds. The van der Waals surface area contributed by atoms with E-state index in [4.69, 9.17) is 21.1 Å². The summed E-state index contributed by atoms with van der Waals surface area (Å²) in [6, 6.07) is 24.1. The molecule has 1 aliphatic heterocycles. The van der Waals surface area contributed by atoms with Crippen LogP contribution in [0.25, 0.3) is 0 Å². The van der Waals surface area contributed by atoms with Crippen LogP contribution in [0.2, 0.25) is 5.02 Å². The van der Waals surface area contributed by atoms with Gasteiger partial charge in [-0.3, -0.25) is 9.59 Å². The van der Waals surface area contributed by atoms with Crippen molar-refractivity contribution in [3.8, 4) is 11.5 Å². The number of nitrogens with zero attached hydrogens (tertiary/aromatic N) is 1. The summed E-state index contributed by atoms with van der Waals surface area (Å²) < 4.78 is 11.3. The van der Waals surface area contributed by atoms with Gasteiger partial charge in [0.2, 0.25) is 5.91 Å². The Morgan fingerprint density at radius 3 is 2.21 bits per heavy atom. The molecule has 0 aromatic heterocycles. The fourth-order valence-corrected chi connectivity index (χ4v) is 3.99. The lowest BCUT2D eigenvalue weighted by atomic mass is 9.95. The predicted molar refractivity (Wildman–Crippen MR) is 132 cm³/mol. The fraction of sp³-hybridized carbons (Fsp3) is 0.259. The predicted octanol–water partition coefficient (Wildman–Crippen LogP) is 5.18. The van der Waals surface area contributed by atoms with Crippen molar-refractivity contribution in [1.29, 1.82) is 0 Å². The lowest BCUT2D eigenvalue weighted by Crippen LogP contribution is -2.43. The number of piperidine rings is 1. The number of likely N-dealkylation sites (tertiary alicyclic amines) is 1. The molecule has 0 spiro atoms. The van der Waals surface area contributed by atoms with E-state index in [9.17, 15) is 9.59 Å². The van der Waals surface area contributed by atoms with Gasteiger partial charge in [-0.2, -0.15) is 0 Å². The largest absolute Gasteiger partial charge is 0.489 e. The molecule has 3 aromatic rings. The molecule has 34 heavy (non-hydrogen) atoms. The summed E-state index contributed by atoms with van der Waals surface area (Å²) in [5, 5.41) is 3.64. The number of nitrogens with one attached hydrogen (secondary N) is 1. The molecule has 3 aromatic carbocycles. The van der Waals surface area contributed by atoms with Crippen molar-refractivity contribution in [3.05, 3.63) is 89.4 Å². The zero-order valence-electron chi connectivity index (χ0n) is 18.8. The molecule has 0 saturated carbocycles. The Balaban J connectivity index is 1.20. The average molecular weight is 479 g/mol. The van der Waals surface area contributed by atoms with Crippen molar-refractivity contribution in [2.75, 3.05) is 25.0 Å². The number of anilines is 1. The van der Waals surface area contributed by atoms with Gasteiger partial charge in [0.15, 0.2) is 6.61 Å². The van der Waals surface area contributed by atoms with E-state index in [1.807, 2.05) is 78.9 Å². The summed E-state index contributed by atoms with van der Waals surface area (Å²) in [7, 11) is 0. The topological polar surface area (TPSA) is 67.9 Å². The quantitative estimate of drug-likeness (QED) is 0.484. The molecular formula is C27H27ClN2O4. The highest BCUT2D eigenvalue weighted by Crippen LogP contribution is 2.23. The molecule has 0 bridgehead atoms. The lowest BCUT2D eigenvalue weighted by Gasteiger charge is -2.31. The Bertz CT molecular complexity index is 1100. The third-order valence-corrected chi connectivity index (χ3v) is 6.17. The number of amides is 2. The van der Waals surface area contributed by atoms with E-state index in [1.165, 1.54) is 0 Å². The molecule has 0 aliphatic carbocycles. The van der Waals surface area contributed by atoms with Gasteiger partial charge in [-0.1, -0.05) is 48.0 Å². The van der Waals surface area contributed by atoms with Crippen molar-refractivity contribution in [2.45, 2.75) is 19.4 Å². The van der Waals surface area contributed by atoms with Crippen LogP contribution < -0.4 is 14.8 Å². The molecule has 1 aliphatic rings. The van der Waals surface area contributed by atoms with Crippen LogP contribution in [0.4, 0.5) is 5.69 Å². The van der Waals surface area contributed by atoms with Gasteiger partial charge in [0.25, 0.3) is 5.91 Å². The molecule has 1 heterocycles. The van der Waals surface area contributed by atoms with E-state index in [0.29, 0.717) is 54.7 Å². The SMILES string of the molecule is O=C(Nc1ccc(OCc2ccccc2Cl)cc1)C1CCN(C(=O)COc2ccccc2)CC1. The second-order valence-corrected chi connectivity index (χ2v) is 8.56. The van der Waals surface area contributed by atoms with Crippen molar-refractivity contribution >= 4 is 29.1 Å². The molecule has 1 fully saturated rings. The van der Waals surface area contributed by atoms with Gasteiger partial charge in [-0.15, -0.1) is 0 Å². The molecule has 6 nitrogen and oxygen atoms in total. The molecule has 0 atom stereocenters. The van der Waals surface area contributed by atoms with Crippen molar-refractivity contribution < 1.29 is 19.1 Å². The molecule has 1 saturated heterocycles. The summed E-state index contributed by atoms with van der Waals surface area (Å²) in [6.07, 6.45) is 1.25. The van der Waals surface area contributed by atoms with E-state index in [1.54, 1.807) is 4.90 Å². The summed E-state index contributed by atoms with van der Waals surface area (Å²) in [4.78, 5) is 26.9. The summed E-state index contributed by atoms with van der Waals surface area (Å²) in [5.74, 6) is 1.15. The van der Waals surface area contributed by atoms with Crippen molar-refractivity contribution in [1.82, 2.24) is 4.90 Å². The van der Waals surface area contributed by atoms with Crippen LogP contribution >= 0.6 is 11.6 Å². The summed E-state index contributed by atoms with van der Waals surface area (Å²) in [6.45, 7) is 1.47. The van der Waals surface area contributed by atoms with Gasteiger partial charge < -0.3 is 19.7 Å². The van der Waals surface area contributed by atoms with Gasteiger partial charge in [0, 0.05) is 35.3 Å². The van der Waals surface area contributed by atoms with Crippen LogP contribution in [0.1, 0.15) is 18.4 Å². The van der Waals surface area contributed by atoms with Crippen LogP contribution in [-0.4, -0.2) is 36.4 Å². The first-order chi connectivity index (χ1) is 16.6. The minimum absolute atomic E-state index is 0.00573. The van der Waals surface area contributed by atoms with Gasteiger partial charge in [0.05, 0.1) is 0 Å². The first-order valence-electron chi connectivity index (χ1n) is 11.3. The van der Waals surface area contributed by atoms with Crippen LogP contribution in [0, 0.1) is 5.92 Å². The average Bonchev–Trinajstić information content (AvgIpc) is 2.88. The Kier molecular flexibility index (Phi) is 8.04. The standard InChI is InChI=1S/C27H27ClN2O4/c28-25-9-5-4-6-21(25)18-33-24-12-10-22(11-13-24)29-27(32)20-14-16-30(17-15-20)26(31)19-34-23-7-2-1-3-8-23/h1-13,20H,14-19H2,(H,29,32). The zero-order chi connectivity index (χ0) is 23.8. The molecule has 0 unspecified atom stereocenters. The van der Waals surface area contributed by atoms with Crippen molar-refractivity contribution in [3.63, 3.8) is 0 Å². The number of benzene rings is 3. The summed E-state index contributed by atoms with van der Waals surface area (Å²) in [5.41, 5.74) is 1.63. The second-order valence-electron chi connectivity index (χ2n) is 8.15. The Morgan fingerprint density at radius 2 is 1.50 bits per heavy atom. The third kappa shape index (κ3) is 6.51. The monoisotopic (exact) mass is 478 g/mol. The Morgan fingerprint density at radius 1 is 0.853 bits per heavy atom. The van der Waals surface area contributed by atoms with E-state index < -0.39 is 0 Å². The van der Waals surface area contributed by atoms with E-state index in [-0.39, 0.29) is 24.3 Å². The highest BCUT2D eigenvalue weighted by Gasteiger charge is 2.27. The molecule has 7 heteroatoms. The molecule has 1 N–H and O–H groups in total. The molecule has 0 radical (unpaired) electrons. The van der Waals surface area contributed by atoms with Gasteiger partial charge in [-0.25, -0.2) is 0 Å².